The molecule has 1 spiro atoms. The highest BCUT2D eigenvalue weighted by molar-refractivity contribution is 8.00. The van der Waals surface area contributed by atoms with Crippen LogP contribution in [0.25, 0.3) is 0 Å². The summed E-state index contributed by atoms with van der Waals surface area (Å²) in [5.41, 5.74) is -13.2. The molecule has 0 fully saturated rings. The van der Waals surface area contributed by atoms with Crippen LogP contribution in [0.1, 0.15) is 22.3 Å². The van der Waals surface area contributed by atoms with Gasteiger partial charge in [0.1, 0.15) is 11.5 Å². The Hall–Kier alpha value is -3.34. The number of hydrogen-bond acceptors (Lipinski definition) is 8. The van der Waals surface area contributed by atoms with E-state index in [2.05, 4.69) is 0 Å². The highest BCUT2D eigenvalue weighted by atomic mass is 32.2. The molecule has 0 N–H and O–H groups in total. The van der Waals surface area contributed by atoms with Gasteiger partial charge < -0.3 is 8.37 Å². The smallest absolute Gasteiger partial charge is 0.376 e. The molecule has 4 aromatic rings. The van der Waals surface area contributed by atoms with Gasteiger partial charge in [0.2, 0.25) is 0 Å². The molecule has 0 bridgehead atoms. The number of alkyl halides is 6. The monoisotopic (exact) mass is 676 g/mol. The minimum absolute atomic E-state index is 0.152. The Bertz CT molecular complexity index is 1860. The van der Waals surface area contributed by atoms with Gasteiger partial charge in [-0.3, -0.25) is 0 Å². The fourth-order valence-corrected chi connectivity index (χ4v) is 8.55. The topological polar surface area (TPSA) is 86.7 Å². The van der Waals surface area contributed by atoms with Gasteiger partial charge in [0, 0.05) is 30.7 Å². The first kappa shape index (κ1) is 29.7. The van der Waals surface area contributed by atoms with E-state index in [4.69, 9.17) is 8.37 Å². The van der Waals surface area contributed by atoms with E-state index in [1.54, 1.807) is 48.5 Å². The maximum atomic E-state index is 13.5. The minimum Gasteiger partial charge on any atom is -0.376 e. The molecule has 2 aliphatic rings. The van der Waals surface area contributed by atoms with Crippen LogP contribution in [0.15, 0.2) is 105 Å². The first-order valence-corrected chi connectivity index (χ1v) is 16.4. The van der Waals surface area contributed by atoms with Crippen molar-refractivity contribution in [2.24, 2.45) is 0 Å². The first-order valence-electron chi connectivity index (χ1n) is 11.9. The van der Waals surface area contributed by atoms with Crippen molar-refractivity contribution in [3.05, 3.63) is 107 Å². The van der Waals surface area contributed by atoms with E-state index in [1.807, 2.05) is 0 Å². The van der Waals surface area contributed by atoms with Gasteiger partial charge in [-0.15, -0.1) is 0 Å². The molecule has 2 aliphatic heterocycles. The van der Waals surface area contributed by atoms with Crippen molar-refractivity contribution < 1.29 is 51.5 Å². The summed E-state index contributed by atoms with van der Waals surface area (Å²) < 4.78 is 140. The Labute approximate surface area is 249 Å². The number of halogens is 6. The average molecular weight is 677 g/mol. The summed E-state index contributed by atoms with van der Waals surface area (Å²) in [6.45, 7) is 0. The molecule has 4 aromatic carbocycles. The van der Waals surface area contributed by atoms with Crippen LogP contribution in [0.4, 0.5) is 26.3 Å². The Morgan fingerprint density at radius 1 is 0.512 bits per heavy atom. The number of rotatable bonds is 4. The van der Waals surface area contributed by atoms with Gasteiger partial charge in [-0.2, -0.15) is 43.2 Å². The normalized spacial score (nSPS) is 15.6. The molecule has 224 valence electrons. The fraction of sp³-hybridized carbons (Fsp3) is 0.111. The molecule has 6 nitrogen and oxygen atoms in total. The van der Waals surface area contributed by atoms with E-state index in [9.17, 15) is 43.2 Å². The van der Waals surface area contributed by atoms with Gasteiger partial charge in [0.05, 0.1) is 5.41 Å². The van der Waals surface area contributed by atoms with Gasteiger partial charge >= 0.3 is 31.3 Å². The number of fused-ring (bicyclic) bond motifs is 8. The van der Waals surface area contributed by atoms with Crippen molar-refractivity contribution >= 4 is 43.8 Å². The number of benzene rings is 4. The minimum atomic E-state index is -6.22. The maximum Gasteiger partial charge on any atom is 0.534 e. The van der Waals surface area contributed by atoms with Crippen LogP contribution in [0.5, 0.6) is 11.5 Å². The molecule has 0 aliphatic carbocycles. The first-order chi connectivity index (χ1) is 20.1. The highest BCUT2D eigenvalue weighted by Crippen LogP contribution is 2.65. The standard InChI is InChI=1S/C27H14F6O6S4/c28-26(29,30)42(34,35)38-17-9-5-13-21-23(17)25(15-7-1-3-11-19(15)40-21)16-8-2-4-12-20(16)41-22-14-6-10-18(24(22)25)39-43(36,37)27(31,32)33/h1-14H. The van der Waals surface area contributed by atoms with Crippen LogP contribution < -0.4 is 8.37 Å². The van der Waals surface area contributed by atoms with Gasteiger partial charge in [0.15, 0.2) is 0 Å². The Morgan fingerprint density at radius 3 is 1.23 bits per heavy atom. The van der Waals surface area contributed by atoms with Crippen molar-refractivity contribution in [2.75, 3.05) is 0 Å². The van der Waals surface area contributed by atoms with Gasteiger partial charge in [-0.1, -0.05) is 72.1 Å². The lowest BCUT2D eigenvalue weighted by Gasteiger charge is -2.46. The largest absolute Gasteiger partial charge is 0.534 e. The van der Waals surface area contributed by atoms with Crippen LogP contribution in [0.3, 0.4) is 0 Å². The zero-order valence-corrected chi connectivity index (χ0v) is 24.2. The summed E-state index contributed by atoms with van der Waals surface area (Å²) in [7, 11) is -12.4. The van der Waals surface area contributed by atoms with Crippen molar-refractivity contribution in [3.8, 4) is 11.5 Å². The Kier molecular flexibility index (Phi) is 6.80. The van der Waals surface area contributed by atoms with E-state index in [0.717, 1.165) is 35.7 Å². The lowest BCUT2D eigenvalue weighted by molar-refractivity contribution is -0.0504. The van der Waals surface area contributed by atoms with Crippen LogP contribution >= 0.6 is 23.5 Å². The number of hydrogen-bond donors (Lipinski definition) is 0. The third-order valence-corrected chi connectivity index (χ3v) is 10.9. The molecule has 6 rings (SSSR count). The van der Waals surface area contributed by atoms with Gasteiger partial charge in [-0.05, 0) is 47.5 Å². The average Bonchev–Trinajstić information content (AvgIpc) is 2.91. The lowest BCUT2D eigenvalue weighted by Crippen LogP contribution is -2.39. The molecule has 0 amide bonds. The van der Waals surface area contributed by atoms with Crippen molar-refractivity contribution in [3.63, 3.8) is 0 Å². The molecular weight excluding hydrogens is 663 g/mol. The quantitative estimate of drug-likeness (QED) is 0.108. The lowest BCUT2D eigenvalue weighted by atomic mass is 9.64. The Morgan fingerprint density at radius 2 is 0.860 bits per heavy atom. The predicted molar refractivity (Wildman–Crippen MR) is 144 cm³/mol. The van der Waals surface area contributed by atoms with Crippen molar-refractivity contribution in [2.45, 2.75) is 36.0 Å². The summed E-state index contributed by atoms with van der Waals surface area (Å²) in [6.07, 6.45) is 0. The molecule has 0 radical (unpaired) electrons. The molecule has 0 unspecified atom stereocenters. The second-order valence-electron chi connectivity index (χ2n) is 9.17. The molecule has 0 atom stereocenters. The van der Waals surface area contributed by atoms with Crippen LogP contribution in [-0.2, 0) is 25.7 Å². The summed E-state index contributed by atoms with van der Waals surface area (Å²) in [5, 5.41) is 0. The molecule has 2 heterocycles. The summed E-state index contributed by atoms with van der Waals surface area (Å²) in [5.74, 6) is -1.50. The van der Waals surface area contributed by atoms with E-state index in [0.29, 0.717) is 20.9 Å². The van der Waals surface area contributed by atoms with E-state index in [-0.39, 0.29) is 20.9 Å². The zero-order valence-electron chi connectivity index (χ0n) is 20.9. The molecule has 43 heavy (non-hydrogen) atoms. The third-order valence-electron chi connectivity index (χ3n) is 6.71. The second kappa shape index (κ2) is 9.84. The second-order valence-corrected chi connectivity index (χ2v) is 14.4. The third kappa shape index (κ3) is 4.57. The summed E-state index contributed by atoms with van der Waals surface area (Å²) in [6, 6.07) is 20.5. The molecular formula is C27H14F6O6S4. The van der Waals surface area contributed by atoms with Crippen LogP contribution in [0, 0.1) is 0 Å². The SMILES string of the molecule is O=S(=O)(Oc1cccc2c1C1(c3ccccc3S2)c2ccccc2Sc2cccc(OS(=O)(=O)C(F)(F)F)c21)C(F)(F)F. The molecule has 0 saturated heterocycles. The van der Waals surface area contributed by atoms with E-state index >= 15 is 0 Å². The predicted octanol–water partition coefficient (Wildman–Crippen LogP) is 7.46. The summed E-state index contributed by atoms with van der Waals surface area (Å²) >= 11 is 2.14. The maximum absolute atomic E-state index is 13.5. The summed E-state index contributed by atoms with van der Waals surface area (Å²) in [4.78, 5) is 1.48. The molecule has 0 saturated carbocycles. The van der Waals surface area contributed by atoms with Crippen LogP contribution in [0.2, 0.25) is 0 Å². The molecule has 16 heteroatoms. The van der Waals surface area contributed by atoms with Gasteiger partial charge in [-0.25, -0.2) is 0 Å². The van der Waals surface area contributed by atoms with E-state index in [1.165, 1.54) is 24.3 Å². The highest BCUT2D eigenvalue weighted by Gasteiger charge is 2.56. The van der Waals surface area contributed by atoms with Crippen molar-refractivity contribution in [1.82, 2.24) is 0 Å². The Balaban J connectivity index is 1.79. The van der Waals surface area contributed by atoms with Crippen LogP contribution in [-0.4, -0.2) is 27.9 Å². The fourth-order valence-electron chi connectivity index (χ4n) is 5.18. The van der Waals surface area contributed by atoms with E-state index < -0.39 is 48.2 Å². The van der Waals surface area contributed by atoms with Crippen molar-refractivity contribution in [1.29, 1.82) is 0 Å². The van der Waals surface area contributed by atoms with Gasteiger partial charge in [0.25, 0.3) is 0 Å². The zero-order chi connectivity index (χ0) is 31.0. The molecule has 0 aromatic heterocycles.